The number of fused-ring (bicyclic) bond motifs is 1. The van der Waals surface area contributed by atoms with Crippen molar-refractivity contribution in [1.29, 1.82) is 0 Å². The predicted molar refractivity (Wildman–Crippen MR) is 149 cm³/mol. The highest BCUT2D eigenvalue weighted by molar-refractivity contribution is 7.59. The number of halogens is 2. The maximum absolute atomic E-state index is 15.0. The summed E-state index contributed by atoms with van der Waals surface area (Å²) in [5, 5.41) is 7.94. The molecule has 4 aromatic rings. The quantitative estimate of drug-likeness (QED) is 0.226. The number of Topliss-reactive ketones (excluding diaryl/α,β-unsaturated/α-hetero) is 2. The summed E-state index contributed by atoms with van der Waals surface area (Å²) in [6.45, 7) is 3.84. The molecule has 2 aliphatic rings. The van der Waals surface area contributed by atoms with Gasteiger partial charge in [-0.3, -0.25) is 9.59 Å². The third-order valence-electron chi connectivity index (χ3n) is 7.64. The van der Waals surface area contributed by atoms with Crippen molar-refractivity contribution >= 4 is 36.7 Å². The number of carbonyl (C=O) groups is 2. The summed E-state index contributed by atoms with van der Waals surface area (Å²) < 4.78 is 30.6. The molecule has 1 fully saturated rings. The zero-order valence-corrected chi connectivity index (χ0v) is 23.7. The molecule has 0 N–H and O–H groups in total. The van der Waals surface area contributed by atoms with Crippen molar-refractivity contribution in [1.82, 2.24) is 15.3 Å². The number of rotatable bonds is 8. The van der Waals surface area contributed by atoms with E-state index in [4.69, 9.17) is 25.4 Å². The van der Waals surface area contributed by atoms with Gasteiger partial charge in [-0.1, -0.05) is 40.1 Å². The molecule has 0 saturated carbocycles. The first kappa shape index (κ1) is 28.2. The van der Waals surface area contributed by atoms with Gasteiger partial charge in [0.1, 0.15) is 11.6 Å². The SMILES string of the molecule is Cc1cc(C(=O)CC2(C(=O)C[C@H]3CCc4cc(-c5cc(Cl)cc(F)c5-c5noc(C)n5)ccc43)COC2)on1.S. The monoisotopic (exact) mass is 583 g/mol. The van der Waals surface area contributed by atoms with Gasteiger partial charge < -0.3 is 13.8 Å². The molecular formula is C29H27ClFN3O5S. The second-order valence-electron chi connectivity index (χ2n) is 10.4. The molecule has 8 nitrogen and oxygen atoms in total. The zero-order chi connectivity index (χ0) is 27.3. The van der Waals surface area contributed by atoms with Gasteiger partial charge in [0, 0.05) is 30.9 Å². The number of aryl methyl sites for hydroxylation is 3. The molecule has 3 heterocycles. The number of ether oxygens (including phenoxy) is 1. The van der Waals surface area contributed by atoms with Crippen LogP contribution in [0.4, 0.5) is 4.39 Å². The molecule has 1 saturated heterocycles. The molecule has 11 heteroatoms. The Morgan fingerprint density at radius 2 is 1.90 bits per heavy atom. The van der Waals surface area contributed by atoms with E-state index in [1.54, 1.807) is 26.0 Å². The van der Waals surface area contributed by atoms with Crippen LogP contribution in [-0.2, 0) is 16.0 Å². The minimum Gasteiger partial charge on any atom is -0.379 e. The molecule has 0 bridgehead atoms. The highest BCUT2D eigenvalue weighted by Crippen LogP contribution is 2.44. The summed E-state index contributed by atoms with van der Waals surface area (Å²) in [6.07, 6.45) is 1.94. The normalized spacial score (nSPS) is 17.1. The van der Waals surface area contributed by atoms with Crippen molar-refractivity contribution in [2.75, 3.05) is 13.2 Å². The van der Waals surface area contributed by atoms with E-state index in [0.29, 0.717) is 23.6 Å². The highest BCUT2D eigenvalue weighted by atomic mass is 35.5. The molecule has 1 aliphatic carbocycles. The maximum atomic E-state index is 15.0. The number of benzene rings is 2. The van der Waals surface area contributed by atoms with Gasteiger partial charge >= 0.3 is 0 Å². The third kappa shape index (κ3) is 5.11. The van der Waals surface area contributed by atoms with Crippen LogP contribution in [0.1, 0.15) is 58.4 Å². The van der Waals surface area contributed by atoms with Crippen LogP contribution in [0.15, 0.2) is 45.4 Å². The topological polar surface area (TPSA) is 108 Å². The summed E-state index contributed by atoms with van der Waals surface area (Å²) in [5.41, 5.74) is 3.51. The van der Waals surface area contributed by atoms with Gasteiger partial charge in [-0.2, -0.15) is 18.5 Å². The fourth-order valence-corrected chi connectivity index (χ4v) is 5.76. The Balaban J connectivity index is 0.00000323. The largest absolute Gasteiger partial charge is 0.379 e. The van der Waals surface area contributed by atoms with E-state index in [2.05, 4.69) is 15.3 Å². The lowest BCUT2D eigenvalue weighted by Crippen LogP contribution is -2.50. The fourth-order valence-electron chi connectivity index (χ4n) is 5.55. The molecule has 40 heavy (non-hydrogen) atoms. The van der Waals surface area contributed by atoms with Crippen LogP contribution in [0, 0.1) is 25.1 Å². The van der Waals surface area contributed by atoms with E-state index < -0.39 is 11.2 Å². The average Bonchev–Trinajstić information content (AvgIpc) is 3.60. The van der Waals surface area contributed by atoms with Crippen molar-refractivity contribution in [3.05, 3.63) is 75.7 Å². The average molecular weight is 584 g/mol. The molecule has 1 aliphatic heterocycles. The van der Waals surface area contributed by atoms with E-state index in [1.807, 2.05) is 18.2 Å². The number of hydrogen-bond donors (Lipinski definition) is 0. The van der Waals surface area contributed by atoms with Gasteiger partial charge in [-0.25, -0.2) is 4.39 Å². The van der Waals surface area contributed by atoms with Crippen LogP contribution in [0.5, 0.6) is 0 Å². The third-order valence-corrected chi connectivity index (χ3v) is 7.86. The minimum absolute atomic E-state index is 0. The Hall–Kier alpha value is -3.34. The second-order valence-corrected chi connectivity index (χ2v) is 10.9. The Kier molecular flexibility index (Phi) is 7.69. The van der Waals surface area contributed by atoms with Gasteiger partial charge in [0.25, 0.3) is 0 Å². The van der Waals surface area contributed by atoms with Crippen LogP contribution in [-0.4, -0.2) is 40.1 Å². The van der Waals surface area contributed by atoms with Crippen molar-refractivity contribution in [3.63, 3.8) is 0 Å². The van der Waals surface area contributed by atoms with E-state index in [-0.39, 0.29) is 72.8 Å². The molecule has 0 spiro atoms. The lowest BCUT2D eigenvalue weighted by Gasteiger charge is -2.40. The summed E-state index contributed by atoms with van der Waals surface area (Å²) in [7, 11) is 0. The van der Waals surface area contributed by atoms with Gasteiger partial charge in [0.2, 0.25) is 23.3 Å². The summed E-state index contributed by atoms with van der Waals surface area (Å²) in [6, 6.07) is 10.4. The first-order chi connectivity index (χ1) is 18.7. The summed E-state index contributed by atoms with van der Waals surface area (Å²) >= 11 is 6.22. The van der Waals surface area contributed by atoms with E-state index >= 15 is 4.39 Å². The van der Waals surface area contributed by atoms with Crippen molar-refractivity contribution < 1.29 is 27.8 Å². The molecule has 208 valence electrons. The molecule has 2 aromatic heterocycles. The Bertz CT molecular complexity index is 1610. The maximum Gasteiger partial charge on any atom is 0.223 e. The summed E-state index contributed by atoms with van der Waals surface area (Å²) in [4.78, 5) is 30.5. The number of ketones is 2. The molecule has 6 rings (SSSR count). The fraction of sp³-hybridized carbons (Fsp3) is 0.345. The Morgan fingerprint density at radius 1 is 1.10 bits per heavy atom. The van der Waals surface area contributed by atoms with Crippen molar-refractivity contribution in [2.45, 2.75) is 45.4 Å². The second kappa shape index (κ2) is 10.9. The first-order valence-electron chi connectivity index (χ1n) is 12.7. The molecule has 0 unspecified atom stereocenters. The van der Waals surface area contributed by atoms with Gasteiger partial charge in [-0.05, 0) is 60.1 Å². The predicted octanol–water partition coefficient (Wildman–Crippen LogP) is 6.19. The van der Waals surface area contributed by atoms with Crippen LogP contribution < -0.4 is 0 Å². The minimum atomic E-state index is -0.837. The first-order valence-corrected chi connectivity index (χ1v) is 13.1. The molecular weight excluding hydrogens is 557 g/mol. The van der Waals surface area contributed by atoms with Gasteiger partial charge in [-0.15, -0.1) is 0 Å². The Labute approximate surface area is 241 Å². The van der Waals surface area contributed by atoms with Crippen molar-refractivity contribution in [2.24, 2.45) is 5.41 Å². The van der Waals surface area contributed by atoms with Crippen molar-refractivity contribution in [3.8, 4) is 22.5 Å². The highest BCUT2D eigenvalue weighted by Gasteiger charge is 2.48. The lowest BCUT2D eigenvalue weighted by molar-refractivity contribution is -0.159. The smallest absolute Gasteiger partial charge is 0.223 e. The summed E-state index contributed by atoms with van der Waals surface area (Å²) in [5.74, 6) is -0.0831. The molecule has 0 radical (unpaired) electrons. The van der Waals surface area contributed by atoms with E-state index in [9.17, 15) is 9.59 Å². The number of aromatic nitrogens is 3. The van der Waals surface area contributed by atoms with Gasteiger partial charge in [0.15, 0.2) is 0 Å². The van der Waals surface area contributed by atoms with Crippen LogP contribution in [0.3, 0.4) is 0 Å². The van der Waals surface area contributed by atoms with E-state index in [1.165, 1.54) is 6.07 Å². The molecule has 1 atom stereocenters. The van der Waals surface area contributed by atoms with Gasteiger partial charge in [0.05, 0.1) is 29.9 Å². The standard InChI is InChI=1S/C29H25ClFN3O5.H2S/c1-15-7-25(39-33-15)24(35)12-29(13-37-14-29)26(36)9-19-4-3-17-8-18(5-6-21(17)19)22-10-20(30)11-23(31)27(22)28-32-16(2)38-34-28;/h5-8,10-11,19H,3-4,9,12-14H2,1-2H3;1H2/t19-;/m1./s1. The molecule has 2 aromatic carbocycles. The van der Waals surface area contributed by atoms with Crippen LogP contribution in [0.2, 0.25) is 5.02 Å². The van der Waals surface area contributed by atoms with E-state index in [0.717, 1.165) is 29.5 Å². The number of carbonyl (C=O) groups excluding carboxylic acids is 2. The van der Waals surface area contributed by atoms with Crippen LogP contribution >= 0.6 is 25.1 Å². The zero-order valence-electron chi connectivity index (χ0n) is 21.9. The molecule has 0 amide bonds. The Morgan fingerprint density at radius 3 is 2.55 bits per heavy atom. The number of hydrogen-bond acceptors (Lipinski definition) is 8. The van der Waals surface area contributed by atoms with Crippen LogP contribution in [0.25, 0.3) is 22.5 Å². The lowest BCUT2D eigenvalue weighted by atomic mass is 9.73. The number of nitrogens with zero attached hydrogens (tertiary/aromatic N) is 3.